The van der Waals surface area contributed by atoms with E-state index in [9.17, 15) is 23.7 Å². The Hall–Kier alpha value is -11.1. The van der Waals surface area contributed by atoms with Crippen LogP contribution in [0.2, 0.25) is 0 Å². The zero-order valence-electron chi connectivity index (χ0n) is 46.4. The van der Waals surface area contributed by atoms with Gasteiger partial charge in [0.1, 0.15) is 46.6 Å². The fraction of sp³-hybridized carbons (Fsp3) is 0.138. The molecule has 0 fully saturated rings. The SMILES string of the molecule is Cc1nc(C)nc(-c2ccc3c(c2)c2cc(-c4nc(C)nc(C)n4)ccc2n3-c2ccc(-c3ccc(C(F)(F)F)cc3C#N)c(-c3cc(C#N)ccc3-n3c4ccc(-c5nc(C)nc(C)n5)cc4c4cc(-c5nc(C)nc(C)n5)ccc43)c2)n1. The maximum absolute atomic E-state index is 14.4. The lowest BCUT2D eigenvalue weighted by Gasteiger charge is -2.20. The molecule has 0 unspecified atom stereocenters. The second-order valence-corrected chi connectivity index (χ2v) is 20.6. The van der Waals surface area contributed by atoms with Gasteiger partial charge in [-0.05, 0) is 182 Å². The maximum atomic E-state index is 14.4. The third kappa shape index (κ3) is 9.23. The Morgan fingerprint density at radius 3 is 1.10 bits per heavy atom. The first-order chi connectivity index (χ1) is 40.4. The van der Waals surface area contributed by atoms with Gasteiger partial charge in [-0.1, -0.05) is 12.1 Å². The molecule has 0 N–H and O–H groups in total. The summed E-state index contributed by atoms with van der Waals surface area (Å²) < 4.78 is 47.5. The van der Waals surface area contributed by atoms with E-state index in [-0.39, 0.29) is 11.1 Å². The van der Waals surface area contributed by atoms with Crippen molar-refractivity contribution in [2.75, 3.05) is 0 Å². The molecule has 0 saturated carbocycles. The van der Waals surface area contributed by atoms with E-state index >= 15 is 0 Å². The molecule has 13 rings (SSSR count). The van der Waals surface area contributed by atoms with Gasteiger partial charge in [0.15, 0.2) is 23.3 Å². The third-order valence-electron chi connectivity index (χ3n) is 14.7. The number of halogens is 3. The maximum Gasteiger partial charge on any atom is 0.416 e. The van der Waals surface area contributed by atoms with Crippen LogP contribution in [0.25, 0.3) is 123 Å². The van der Waals surface area contributed by atoms with Gasteiger partial charge in [-0.2, -0.15) is 23.7 Å². The fourth-order valence-electron chi connectivity index (χ4n) is 11.3. The normalized spacial score (nSPS) is 11.7. The van der Waals surface area contributed by atoms with Crippen LogP contribution in [-0.4, -0.2) is 68.9 Å². The van der Waals surface area contributed by atoms with Gasteiger partial charge >= 0.3 is 6.18 Å². The first-order valence-corrected chi connectivity index (χ1v) is 26.6. The van der Waals surface area contributed by atoms with Crippen molar-refractivity contribution in [2.45, 2.75) is 61.6 Å². The highest BCUT2D eigenvalue weighted by Crippen LogP contribution is 2.45. The van der Waals surface area contributed by atoms with Crippen LogP contribution in [0, 0.1) is 78.1 Å². The first kappa shape index (κ1) is 52.3. The van der Waals surface area contributed by atoms with Gasteiger partial charge in [-0.15, -0.1) is 0 Å². The molecule has 6 heterocycles. The summed E-state index contributed by atoms with van der Waals surface area (Å²) >= 11 is 0. The molecule has 6 aromatic heterocycles. The van der Waals surface area contributed by atoms with Crippen LogP contribution in [0.3, 0.4) is 0 Å². The molecular weight excluding hydrogens is 1060 g/mol. The number of alkyl halides is 3. The number of rotatable bonds is 8. The van der Waals surface area contributed by atoms with Crippen molar-refractivity contribution < 1.29 is 13.2 Å². The molecule has 0 aliphatic heterocycles. The van der Waals surface area contributed by atoms with Crippen molar-refractivity contribution in [1.29, 1.82) is 10.5 Å². The second-order valence-electron chi connectivity index (χ2n) is 20.6. The van der Waals surface area contributed by atoms with Gasteiger partial charge in [0.25, 0.3) is 0 Å². The van der Waals surface area contributed by atoms with E-state index < -0.39 is 11.7 Å². The zero-order valence-corrected chi connectivity index (χ0v) is 46.4. The quantitative estimate of drug-likeness (QED) is 0.138. The summed E-state index contributed by atoms with van der Waals surface area (Å²) in [7, 11) is 0. The summed E-state index contributed by atoms with van der Waals surface area (Å²) in [5.41, 5.74) is 8.36. The minimum absolute atomic E-state index is 0.189. The number of nitrogens with zero attached hydrogens (tertiary/aromatic N) is 16. The number of aromatic nitrogens is 14. The van der Waals surface area contributed by atoms with Gasteiger partial charge in [0.2, 0.25) is 0 Å². The van der Waals surface area contributed by atoms with Gasteiger partial charge in [-0.25, -0.2) is 59.8 Å². The van der Waals surface area contributed by atoms with Gasteiger partial charge < -0.3 is 9.13 Å². The molecule has 406 valence electrons. The summed E-state index contributed by atoms with van der Waals surface area (Å²) in [6, 6.07) is 42.7. The largest absolute Gasteiger partial charge is 0.416 e. The van der Waals surface area contributed by atoms with Crippen LogP contribution in [-0.2, 0) is 6.18 Å². The van der Waals surface area contributed by atoms with Crippen LogP contribution >= 0.6 is 0 Å². The third-order valence-corrected chi connectivity index (χ3v) is 14.7. The van der Waals surface area contributed by atoms with E-state index in [1.54, 1.807) is 12.1 Å². The molecule has 0 saturated heterocycles. The monoisotopic (exact) mass is 1110 g/mol. The number of fused-ring (bicyclic) bond motifs is 6. The number of benzene rings is 7. The van der Waals surface area contributed by atoms with Gasteiger partial charge in [0.05, 0.1) is 56.6 Å². The van der Waals surface area contributed by atoms with Crippen molar-refractivity contribution >= 4 is 43.6 Å². The number of hydrogen-bond donors (Lipinski definition) is 0. The zero-order chi connectivity index (χ0) is 58.5. The Morgan fingerprint density at radius 2 is 0.726 bits per heavy atom. The summed E-state index contributed by atoms with van der Waals surface area (Å²) in [6.07, 6.45) is -4.72. The minimum Gasteiger partial charge on any atom is -0.309 e. The summed E-state index contributed by atoms with van der Waals surface area (Å²) in [4.78, 5) is 55.4. The molecule has 19 heteroatoms. The van der Waals surface area contributed by atoms with Crippen LogP contribution in [0.1, 0.15) is 63.3 Å². The molecule has 16 nitrogen and oxygen atoms in total. The summed E-state index contributed by atoms with van der Waals surface area (Å²) in [6.45, 7) is 14.6. The van der Waals surface area contributed by atoms with Crippen molar-refractivity contribution in [3.63, 3.8) is 0 Å². The smallest absolute Gasteiger partial charge is 0.309 e. The molecule has 0 bridgehead atoms. The van der Waals surface area contributed by atoms with E-state index in [4.69, 9.17) is 39.9 Å². The molecule has 84 heavy (non-hydrogen) atoms. The Balaban J connectivity index is 1.11. The molecule has 7 aromatic carbocycles. The predicted molar refractivity (Wildman–Crippen MR) is 314 cm³/mol. The minimum atomic E-state index is -4.72. The van der Waals surface area contributed by atoms with Crippen LogP contribution < -0.4 is 0 Å². The van der Waals surface area contributed by atoms with E-state index in [0.29, 0.717) is 104 Å². The molecule has 0 aliphatic rings. The molecule has 0 amide bonds. The van der Waals surface area contributed by atoms with Crippen LogP contribution in [0.15, 0.2) is 127 Å². The van der Waals surface area contributed by atoms with Gasteiger partial charge in [-0.3, -0.25) is 0 Å². The molecule has 0 aliphatic carbocycles. The number of hydrogen-bond acceptors (Lipinski definition) is 14. The molecule has 0 spiro atoms. The van der Waals surface area contributed by atoms with E-state index in [2.05, 4.69) is 41.2 Å². The predicted octanol–water partition coefficient (Wildman–Crippen LogP) is 13.9. The standard InChI is InChI=1S/C65H45F3N16/c1-32-71-33(2)76-61(75-32)41-10-19-56-52(25-41)53-26-42(62-77-34(3)72-35(4)78-62)11-20-57(53)83(56)47-15-17-49(48-16-14-46(65(66,67)68)24-45(48)31-70)50(29-47)51-23-40(30-69)9-18-58(51)84-59-21-12-43(63-79-36(5)73-37(6)80-63)27-54(59)55-28-44(13-22-60(55)84)64-81-38(7)74-39(8)82-64/h9-29H,1-8H3. The lowest BCUT2D eigenvalue weighted by Crippen LogP contribution is -2.06. The highest BCUT2D eigenvalue weighted by molar-refractivity contribution is 6.13. The van der Waals surface area contributed by atoms with Crippen molar-refractivity contribution in [3.8, 4) is 91.3 Å². The summed E-state index contributed by atoms with van der Waals surface area (Å²) in [5, 5.41) is 24.8. The molecule has 0 atom stereocenters. The van der Waals surface area contributed by atoms with Crippen molar-refractivity contribution in [1.82, 2.24) is 68.9 Å². The average Bonchev–Trinajstić information content (AvgIpc) is 2.04. The van der Waals surface area contributed by atoms with E-state index in [0.717, 1.165) is 78.0 Å². The summed E-state index contributed by atoms with van der Waals surface area (Å²) in [5.74, 6) is 6.60. The lowest BCUT2D eigenvalue weighted by atomic mass is 9.89. The lowest BCUT2D eigenvalue weighted by molar-refractivity contribution is -0.137. The highest BCUT2D eigenvalue weighted by Gasteiger charge is 2.32. The fourth-order valence-corrected chi connectivity index (χ4v) is 11.3. The van der Waals surface area contributed by atoms with Crippen molar-refractivity contribution in [2.24, 2.45) is 0 Å². The second kappa shape index (κ2) is 19.9. The van der Waals surface area contributed by atoms with Gasteiger partial charge in [0, 0.05) is 60.6 Å². The topological polar surface area (TPSA) is 212 Å². The van der Waals surface area contributed by atoms with E-state index in [1.165, 1.54) is 6.07 Å². The number of aryl methyl sites for hydroxylation is 8. The Labute approximate surface area is 477 Å². The van der Waals surface area contributed by atoms with Crippen LogP contribution in [0.4, 0.5) is 13.2 Å². The first-order valence-electron chi connectivity index (χ1n) is 26.6. The molecule has 13 aromatic rings. The van der Waals surface area contributed by atoms with Crippen LogP contribution in [0.5, 0.6) is 0 Å². The number of nitriles is 2. The Bertz CT molecular complexity index is 4750. The Morgan fingerprint density at radius 1 is 0.345 bits per heavy atom. The van der Waals surface area contributed by atoms with Crippen molar-refractivity contribution in [3.05, 3.63) is 191 Å². The Kier molecular flexibility index (Phi) is 12.4. The van der Waals surface area contributed by atoms with E-state index in [1.807, 2.05) is 152 Å². The average molecular weight is 1110 g/mol. The highest BCUT2D eigenvalue weighted by atomic mass is 19.4. The molecule has 0 radical (unpaired) electrons. The molecular formula is C65H45F3N16.